The highest BCUT2D eigenvalue weighted by Crippen LogP contribution is 2.44. The third-order valence-electron chi connectivity index (χ3n) is 4.81. The van der Waals surface area contributed by atoms with Crippen LogP contribution in [0.4, 0.5) is 11.8 Å². The van der Waals surface area contributed by atoms with Crippen LogP contribution < -0.4 is 10.6 Å². The van der Waals surface area contributed by atoms with E-state index in [1.54, 1.807) is 0 Å². The number of nitrogen functional groups attached to an aromatic ring is 1. The summed E-state index contributed by atoms with van der Waals surface area (Å²) in [7, 11) is 0. The third-order valence-corrected chi connectivity index (χ3v) is 4.81. The van der Waals surface area contributed by atoms with E-state index in [1.165, 1.54) is 24.1 Å². The van der Waals surface area contributed by atoms with Crippen LogP contribution in [0.15, 0.2) is 30.6 Å². The summed E-state index contributed by atoms with van der Waals surface area (Å²) in [5, 5.41) is 0. The Labute approximate surface area is 124 Å². The van der Waals surface area contributed by atoms with Gasteiger partial charge in [-0.2, -0.15) is 0 Å². The monoisotopic (exact) mass is 281 g/mol. The predicted molar refractivity (Wildman–Crippen MR) is 82.1 cm³/mol. The quantitative estimate of drug-likeness (QED) is 0.865. The van der Waals surface area contributed by atoms with E-state index in [1.807, 2.05) is 24.5 Å². The molecule has 1 saturated heterocycles. The second-order valence-corrected chi connectivity index (χ2v) is 6.10. The predicted octanol–water partition coefficient (Wildman–Crippen LogP) is 1.94. The molecule has 2 aromatic rings. The first-order valence-corrected chi connectivity index (χ1v) is 7.55. The van der Waals surface area contributed by atoms with Gasteiger partial charge in [-0.15, -0.1) is 0 Å². The van der Waals surface area contributed by atoms with Gasteiger partial charge in [0.25, 0.3) is 0 Å². The average molecular weight is 281 g/mol. The van der Waals surface area contributed by atoms with Crippen molar-refractivity contribution >= 4 is 11.8 Å². The number of piperidine rings is 1. The molecule has 0 bridgehead atoms. The van der Waals surface area contributed by atoms with Crippen molar-refractivity contribution in [3.05, 3.63) is 41.9 Å². The Balaban J connectivity index is 1.69. The summed E-state index contributed by atoms with van der Waals surface area (Å²) >= 11 is 0. The van der Waals surface area contributed by atoms with E-state index in [4.69, 9.17) is 5.73 Å². The molecular formula is C16H19N5. The van der Waals surface area contributed by atoms with Crippen molar-refractivity contribution in [1.82, 2.24) is 15.0 Å². The van der Waals surface area contributed by atoms with Crippen LogP contribution in [0.2, 0.25) is 0 Å². The van der Waals surface area contributed by atoms with Gasteiger partial charge in [0.15, 0.2) is 0 Å². The molecule has 1 aliphatic heterocycles. The summed E-state index contributed by atoms with van der Waals surface area (Å²) in [5.74, 6) is 1.46. The van der Waals surface area contributed by atoms with Gasteiger partial charge >= 0.3 is 0 Å². The molecule has 108 valence electrons. The van der Waals surface area contributed by atoms with E-state index in [2.05, 4.69) is 25.9 Å². The Morgan fingerprint density at radius 3 is 3.00 bits per heavy atom. The summed E-state index contributed by atoms with van der Waals surface area (Å²) < 4.78 is 0. The summed E-state index contributed by atoms with van der Waals surface area (Å²) in [6.45, 7) is 2.04. The van der Waals surface area contributed by atoms with Crippen molar-refractivity contribution in [3.8, 4) is 0 Å². The van der Waals surface area contributed by atoms with Crippen LogP contribution in [0, 0.1) is 0 Å². The van der Waals surface area contributed by atoms with E-state index < -0.39 is 0 Å². The van der Waals surface area contributed by atoms with Gasteiger partial charge in [-0.1, -0.05) is 6.07 Å². The zero-order valence-electron chi connectivity index (χ0n) is 12.0. The zero-order valence-corrected chi connectivity index (χ0v) is 12.0. The number of aryl methyl sites for hydroxylation is 1. The van der Waals surface area contributed by atoms with Crippen molar-refractivity contribution in [3.63, 3.8) is 0 Å². The average Bonchev–Trinajstić information content (AvgIpc) is 2.86. The lowest BCUT2D eigenvalue weighted by Crippen LogP contribution is -2.45. The van der Waals surface area contributed by atoms with Crippen LogP contribution in [0.5, 0.6) is 0 Å². The smallest absolute Gasteiger partial charge is 0.220 e. The highest BCUT2D eigenvalue weighted by molar-refractivity contribution is 5.44. The highest BCUT2D eigenvalue weighted by Gasteiger charge is 2.43. The molecule has 0 amide bonds. The van der Waals surface area contributed by atoms with Crippen LogP contribution in [0.1, 0.15) is 30.5 Å². The van der Waals surface area contributed by atoms with E-state index in [0.29, 0.717) is 5.95 Å². The fourth-order valence-electron chi connectivity index (χ4n) is 3.82. The van der Waals surface area contributed by atoms with E-state index >= 15 is 0 Å². The van der Waals surface area contributed by atoms with Gasteiger partial charge in [0.05, 0.1) is 5.69 Å². The van der Waals surface area contributed by atoms with Crippen LogP contribution in [0.25, 0.3) is 0 Å². The number of aromatic nitrogens is 3. The molecule has 1 unspecified atom stereocenters. The molecule has 2 N–H and O–H groups in total. The maximum atomic E-state index is 5.82. The van der Waals surface area contributed by atoms with Gasteiger partial charge in [-0.05, 0) is 43.4 Å². The van der Waals surface area contributed by atoms with Gasteiger partial charge < -0.3 is 10.6 Å². The number of fused-ring (bicyclic) bond motifs is 2. The number of anilines is 2. The molecular weight excluding hydrogens is 262 g/mol. The zero-order chi connectivity index (χ0) is 14.3. The Kier molecular flexibility index (Phi) is 2.80. The summed E-state index contributed by atoms with van der Waals surface area (Å²) in [6.07, 6.45) is 8.32. The number of pyridine rings is 1. The Hall–Kier alpha value is -2.17. The lowest BCUT2D eigenvalue weighted by molar-refractivity contribution is 0.333. The molecule has 1 spiro atoms. The largest absolute Gasteiger partial charge is 0.368 e. The molecule has 5 nitrogen and oxygen atoms in total. The minimum Gasteiger partial charge on any atom is -0.368 e. The molecule has 5 heteroatoms. The highest BCUT2D eigenvalue weighted by atomic mass is 15.2. The number of hydrogen-bond acceptors (Lipinski definition) is 5. The van der Waals surface area contributed by atoms with Gasteiger partial charge in [0, 0.05) is 30.9 Å². The Morgan fingerprint density at radius 1 is 1.19 bits per heavy atom. The molecule has 1 fully saturated rings. The molecule has 0 aromatic carbocycles. The molecule has 3 heterocycles. The van der Waals surface area contributed by atoms with E-state index in [9.17, 15) is 0 Å². The second-order valence-electron chi connectivity index (χ2n) is 6.10. The van der Waals surface area contributed by atoms with Gasteiger partial charge in [0.2, 0.25) is 5.95 Å². The fourth-order valence-corrected chi connectivity index (χ4v) is 3.82. The molecule has 2 aromatic heterocycles. The number of rotatable bonds is 1. The maximum Gasteiger partial charge on any atom is 0.220 e. The minimum atomic E-state index is 0.127. The Bertz CT molecular complexity index is 653. The van der Waals surface area contributed by atoms with E-state index in [-0.39, 0.29) is 5.41 Å². The molecule has 4 rings (SSSR count). The summed E-state index contributed by atoms with van der Waals surface area (Å²) in [4.78, 5) is 15.6. The molecule has 0 radical (unpaired) electrons. The molecule has 1 atom stereocenters. The topological polar surface area (TPSA) is 67.9 Å². The van der Waals surface area contributed by atoms with Gasteiger partial charge in [-0.25, -0.2) is 15.0 Å². The van der Waals surface area contributed by atoms with Crippen LogP contribution in [0.3, 0.4) is 0 Å². The minimum absolute atomic E-state index is 0.127. The number of nitrogens with zero attached hydrogens (tertiary/aromatic N) is 4. The third kappa shape index (κ3) is 2.04. The van der Waals surface area contributed by atoms with Crippen LogP contribution in [-0.2, 0) is 11.8 Å². The van der Waals surface area contributed by atoms with Crippen molar-refractivity contribution in [2.75, 3.05) is 23.7 Å². The summed E-state index contributed by atoms with van der Waals surface area (Å²) in [6, 6.07) is 6.09. The van der Waals surface area contributed by atoms with Crippen molar-refractivity contribution in [2.24, 2.45) is 0 Å². The first-order valence-electron chi connectivity index (χ1n) is 7.55. The SMILES string of the molecule is Nc1ncc2c(n1)C1(CCCN(c3ccccn3)C1)CC2. The maximum absolute atomic E-state index is 5.82. The van der Waals surface area contributed by atoms with Crippen molar-refractivity contribution < 1.29 is 0 Å². The van der Waals surface area contributed by atoms with E-state index in [0.717, 1.165) is 31.7 Å². The van der Waals surface area contributed by atoms with Crippen molar-refractivity contribution in [2.45, 2.75) is 31.1 Å². The lowest BCUT2D eigenvalue weighted by atomic mass is 9.77. The fraction of sp³-hybridized carbons (Fsp3) is 0.438. The van der Waals surface area contributed by atoms with Crippen LogP contribution in [-0.4, -0.2) is 28.0 Å². The second kappa shape index (κ2) is 4.69. The number of nitrogens with two attached hydrogens (primary N) is 1. The molecule has 21 heavy (non-hydrogen) atoms. The van der Waals surface area contributed by atoms with Crippen LogP contribution >= 0.6 is 0 Å². The molecule has 0 saturated carbocycles. The van der Waals surface area contributed by atoms with Gasteiger partial charge in [0.1, 0.15) is 5.82 Å². The molecule has 2 aliphatic rings. The first kappa shape index (κ1) is 12.6. The van der Waals surface area contributed by atoms with Crippen molar-refractivity contribution in [1.29, 1.82) is 0 Å². The lowest BCUT2D eigenvalue weighted by Gasteiger charge is -2.41. The molecule has 1 aliphatic carbocycles. The number of hydrogen-bond donors (Lipinski definition) is 1. The normalized spacial score (nSPS) is 24.3. The Morgan fingerprint density at radius 2 is 2.14 bits per heavy atom. The first-order chi connectivity index (χ1) is 10.3. The van der Waals surface area contributed by atoms with Gasteiger partial charge in [-0.3, -0.25) is 0 Å². The summed E-state index contributed by atoms with van der Waals surface area (Å²) in [5.41, 5.74) is 8.39. The standard InChI is InChI=1S/C16H19N5/c17-15-19-10-12-5-7-16(14(12)20-15)6-3-9-21(11-16)13-4-1-2-8-18-13/h1-2,4,8,10H,3,5-7,9,11H2,(H2,17,19,20).